The fraction of sp³-hybridized carbons (Fsp3) is 0.875. The van der Waals surface area contributed by atoms with E-state index in [4.69, 9.17) is 9.84 Å². The van der Waals surface area contributed by atoms with Crippen molar-refractivity contribution in [2.45, 2.75) is 38.9 Å². The van der Waals surface area contributed by atoms with Gasteiger partial charge in [0, 0.05) is 0 Å². The van der Waals surface area contributed by atoms with Gasteiger partial charge in [-0.05, 0) is 32.6 Å². The minimum absolute atomic E-state index is 0.0166. The number of hydrogen-bond acceptors (Lipinski definition) is 3. The largest absolute Gasteiger partial charge is 0.460 e. The first-order valence-corrected chi connectivity index (χ1v) is 4.00. The van der Waals surface area contributed by atoms with E-state index in [-0.39, 0.29) is 6.10 Å². The molecule has 0 radical (unpaired) electrons. The van der Waals surface area contributed by atoms with Gasteiger partial charge in [-0.1, -0.05) is 0 Å². The quantitative estimate of drug-likeness (QED) is 0.615. The van der Waals surface area contributed by atoms with Crippen molar-refractivity contribution < 1.29 is 14.6 Å². The summed E-state index contributed by atoms with van der Waals surface area (Å²) < 4.78 is 4.95. The van der Waals surface area contributed by atoms with Gasteiger partial charge in [0.25, 0.3) is 0 Å². The zero-order valence-electron chi connectivity index (χ0n) is 6.91. The maximum absolute atomic E-state index is 10.8. The maximum atomic E-state index is 10.8. The van der Waals surface area contributed by atoms with E-state index in [1.54, 1.807) is 0 Å². The Bertz CT molecular complexity index is 149. The summed E-state index contributed by atoms with van der Waals surface area (Å²) in [4.78, 5) is 10.8. The van der Waals surface area contributed by atoms with Gasteiger partial charge >= 0.3 is 5.97 Å². The Morgan fingerprint density at radius 2 is 2.09 bits per heavy atom. The second-order valence-corrected chi connectivity index (χ2v) is 3.16. The molecule has 0 aromatic carbocycles. The van der Waals surface area contributed by atoms with Crippen molar-refractivity contribution in [3.63, 3.8) is 0 Å². The number of aliphatic hydroxyl groups is 1. The molecule has 0 amide bonds. The van der Waals surface area contributed by atoms with E-state index >= 15 is 0 Å². The second-order valence-electron chi connectivity index (χ2n) is 3.16. The van der Waals surface area contributed by atoms with Crippen LogP contribution in [-0.4, -0.2) is 23.3 Å². The van der Waals surface area contributed by atoms with Gasteiger partial charge in [-0.3, -0.25) is 0 Å². The summed E-state index contributed by atoms with van der Waals surface area (Å²) in [6.45, 7) is 3.29. The van der Waals surface area contributed by atoms with Gasteiger partial charge in [0.15, 0.2) is 0 Å². The molecule has 1 aliphatic carbocycles. The Hall–Kier alpha value is -0.570. The van der Waals surface area contributed by atoms with Crippen LogP contribution in [0.5, 0.6) is 0 Å². The minimum Gasteiger partial charge on any atom is -0.460 e. The molecule has 11 heavy (non-hydrogen) atoms. The molecule has 0 bridgehead atoms. The highest BCUT2D eigenvalue weighted by molar-refractivity contribution is 5.73. The lowest BCUT2D eigenvalue weighted by molar-refractivity contribution is -0.158. The molecule has 1 rings (SSSR count). The Morgan fingerprint density at radius 1 is 1.55 bits per heavy atom. The SMILES string of the molecule is C[C@H](O)C(=O)O[C@H](C)C1CC1. The van der Waals surface area contributed by atoms with Crippen LogP contribution in [-0.2, 0) is 9.53 Å². The van der Waals surface area contributed by atoms with Crippen molar-refractivity contribution in [3.05, 3.63) is 0 Å². The highest BCUT2D eigenvalue weighted by Crippen LogP contribution is 2.34. The molecule has 1 aliphatic rings. The molecule has 3 nitrogen and oxygen atoms in total. The number of carbonyl (C=O) groups is 1. The van der Waals surface area contributed by atoms with E-state index in [2.05, 4.69) is 0 Å². The van der Waals surface area contributed by atoms with Gasteiger partial charge in [0.2, 0.25) is 0 Å². The molecule has 0 unspecified atom stereocenters. The first kappa shape index (κ1) is 8.53. The number of rotatable bonds is 3. The number of carbonyl (C=O) groups excluding carboxylic acids is 1. The lowest BCUT2D eigenvalue weighted by Gasteiger charge is -2.12. The summed E-state index contributed by atoms with van der Waals surface area (Å²) in [5.41, 5.74) is 0. The van der Waals surface area contributed by atoms with E-state index < -0.39 is 12.1 Å². The molecule has 0 spiro atoms. The van der Waals surface area contributed by atoms with Crippen LogP contribution in [0.15, 0.2) is 0 Å². The molecule has 0 aromatic heterocycles. The fourth-order valence-electron chi connectivity index (χ4n) is 0.944. The Morgan fingerprint density at radius 3 is 2.45 bits per heavy atom. The monoisotopic (exact) mass is 158 g/mol. The highest BCUT2D eigenvalue weighted by atomic mass is 16.6. The average Bonchev–Trinajstić information content (AvgIpc) is 2.67. The molecule has 64 valence electrons. The first-order chi connectivity index (χ1) is 5.11. The molecule has 1 N–H and O–H groups in total. The van der Waals surface area contributed by atoms with Gasteiger partial charge < -0.3 is 9.84 Å². The third-order valence-corrected chi connectivity index (χ3v) is 1.93. The third kappa shape index (κ3) is 2.50. The van der Waals surface area contributed by atoms with Crippen LogP contribution in [0.25, 0.3) is 0 Å². The van der Waals surface area contributed by atoms with Gasteiger partial charge in [0.1, 0.15) is 12.2 Å². The van der Waals surface area contributed by atoms with Crippen molar-refractivity contribution in [2.24, 2.45) is 5.92 Å². The van der Waals surface area contributed by atoms with Crippen molar-refractivity contribution in [2.75, 3.05) is 0 Å². The topological polar surface area (TPSA) is 46.5 Å². The van der Waals surface area contributed by atoms with E-state index in [1.807, 2.05) is 6.92 Å². The molecule has 2 atom stereocenters. The molecule has 0 aromatic rings. The van der Waals surface area contributed by atoms with E-state index in [0.717, 1.165) is 12.8 Å². The molecular weight excluding hydrogens is 144 g/mol. The number of ether oxygens (including phenoxy) is 1. The predicted octanol–water partition coefficient (Wildman–Crippen LogP) is 0.709. The molecule has 1 fully saturated rings. The van der Waals surface area contributed by atoms with Crippen LogP contribution in [0.1, 0.15) is 26.7 Å². The van der Waals surface area contributed by atoms with E-state index in [1.165, 1.54) is 6.92 Å². The lowest BCUT2D eigenvalue weighted by Crippen LogP contribution is -2.25. The number of hydrogen-bond donors (Lipinski definition) is 1. The van der Waals surface area contributed by atoms with Crippen LogP contribution in [0, 0.1) is 5.92 Å². The summed E-state index contributed by atoms with van der Waals surface area (Å²) in [6.07, 6.45) is 1.29. The van der Waals surface area contributed by atoms with Crippen LogP contribution in [0.3, 0.4) is 0 Å². The third-order valence-electron chi connectivity index (χ3n) is 1.93. The predicted molar refractivity (Wildman–Crippen MR) is 40.0 cm³/mol. The summed E-state index contributed by atoms with van der Waals surface area (Å²) in [5, 5.41) is 8.80. The molecule has 1 saturated carbocycles. The van der Waals surface area contributed by atoms with Crippen LogP contribution in [0.4, 0.5) is 0 Å². The molecule has 0 saturated heterocycles. The van der Waals surface area contributed by atoms with Gasteiger partial charge in [-0.2, -0.15) is 0 Å². The normalized spacial score (nSPS) is 22.5. The summed E-state index contributed by atoms with van der Waals surface area (Å²) in [6, 6.07) is 0. The second kappa shape index (κ2) is 3.22. The van der Waals surface area contributed by atoms with Crippen molar-refractivity contribution in [1.82, 2.24) is 0 Å². The van der Waals surface area contributed by atoms with Crippen LogP contribution < -0.4 is 0 Å². The molecule has 0 heterocycles. The van der Waals surface area contributed by atoms with Crippen LogP contribution in [0.2, 0.25) is 0 Å². The van der Waals surface area contributed by atoms with Gasteiger partial charge in [-0.15, -0.1) is 0 Å². The average molecular weight is 158 g/mol. The Balaban J connectivity index is 2.23. The zero-order chi connectivity index (χ0) is 8.43. The molecule has 3 heteroatoms. The minimum atomic E-state index is -0.990. The van der Waals surface area contributed by atoms with Gasteiger partial charge in [-0.25, -0.2) is 4.79 Å². The summed E-state index contributed by atoms with van der Waals surface area (Å²) in [7, 11) is 0. The van der Waals surface area contributed by atoms with Crippen LogP contribution >= 0.6 is 0 Å². The molecule has 0 aliphatic heterocycles. The summed E-state index contributed by atoms with van der Waals surface area (Å²) >= 11 is 0. The highest BCUT2D eigenvalue weighted by Gasteiger charge is 2.31. The van der Waals surface area contributed by atoms with E-state index in [9.17, 15) is 4.79 Å². The molecular formula is C8H14O3. The van der Waals surface area contributed by atoms with Crippen molar-refractivity contribution in [1.29, 1.82) is 0 Å². The smallest absolute Gasteiger partial charge is 0.334 e. The first-order valence-electron chi connectivity index (χ1n) is 4.00. The van der Waals surface area contributed by atoms with E-state index in [0.29, 0.717) is 5.92 Å². The number of aliphatic hydroxyl groups excluding tert-OH is 1. The maximum Gasteiger partial charge on any atom is 0.334 e. The standard InChI is InChI=1S/C8H14O3/c1-5(9)8(10)11-6(2)7-3-4-7/h5-7,9H,3-4H2,1-2H3/t5-,6+/m0/s1. The van der Waals surface area contributed by atoms with Crippen molar-refractivity contribution >= 4 is 5.97 Å². The number of esters is 1. The van der Waals surface area contributed by atoms with Gasteiger partial charge in [0.05, 0.1) is 0 Å². The fourth-order valence-corrected chi connectivity index (χ4v) is 0.944. The summed E-state index contributed by atoms with van der Waals surface area (Å²) in [5.74, 6) is 0.0297. The zero-order valence-corrected chi connectivity index (χ0v) is 6.91. The lowest BCUT2D eigenvalue weighted by atomic mass is 10.2. The van der Waals surface area contributed by atoms with Crippen molar-refractivity contribution in [3.8, 4) is 0 Å². The Kier molecular flexibility index (Phi) is 2.49. The Labute approximate surface area is 66.4 Å².